The molecule has 1 saturated carbocycles. The minimum absolute atomic E-state index is 0.173. The lowest BCUT2D eigenvalue weighted by molar-refractivity contribution is -0.140. The third kappa shape index (κ3) is 2.52. The van der Waals surface area contributed by atoms with Gasteiger partial charge in [0.05, 0.1) is 11.8 Å². The molecule has 1 heterocycles. The topological polar surface area (TPSA) is 79.5 Å². The molecule has 2 unspecified atom stereocenters. The lowest BCUT2D eigenvalue weighted by atomic mass is 10.2. The van der Waals surface area contributed by atoms with E-state index in [4.69, 9.17) is 9.52 Å². The van der Waals surface area contributed by atoms with Gasteiger partial charge in [-0.2, -0.15) is 0 Å². The first-order valence-electron chi connectivity index (χ1n) is 6.63. The van der Waals surface area contributed by atoms with Crippen molar-refractivity contribution in [2.24, 2.45) is 11.8 Å². The Balaban J connectivity index is 1.50. The van der Waals surface area contributed by atoms with Crippen molar-refractivity contribution in [2.45, 2.75) is 12.8 Å². The number of nitrogens with one attached hydrogen (secondary N) is 1. The van der Waals surface area contributed by atoms with Gasteiger partial charge in [-0.25, -0.2) is 0 Å². The number of hydrogen-bond donors (Lipinski definition) is 2. The van der Waals surface area contributed by atoms with Crippen molar-refractivity contribution in [1.29, 1.82) is 0 Å². The minimum Gasteiger partial charge on any atom is -0.481 e. The lowest BCUT2D eigenvalue weighted by Gasteiger charge is -2.02. The molecular weight excluding hydrogens is 258 g/mol. The fraction of sp³-hybridized carbons (Fsp3) is 0.333. The van der Waals surface area contributed by atoms with Crippen molar-refractivity contribution in [3.05, 3.63) is 36.1 Å². The lowest BCUT2D eigenvalue weighted by Crippen LogP contribution is -2.28. The highest BCUT2D eigenvalue weighted by molar-refractivity contribution is 5.89. The maximum Gasteiger partial charge on any atom is 0.307 e. The highest BCUT2D eigenvalue weighted by Gasteiger charge is 2.48. The molecule has 5 nitrogen and oxygen atoms in total. The van der Waals surface area contributed by atoms with Crippen molar-refractivity contribution < 1.29 is 19.1 Å². The van der Waals surface area contributed by atoms with Crippen LogP contribution < -0.4 is 5.32 Å². The highest BCUT2D eigenvalue weighted by atomic mass is 16.4. The summed E-state index contributed by atoms with van der Waals surface area (Å²) in [5.41, 5.74) is 0.835. The standard InChI is InChI=1S/C15H15NO4/c17-14(11-8-12(11)15(18)19)16-6-5-10-7-9-3-1-2-4-13(9)20-10/h1-4,7,11-12H,5-6,8H2,(H,16,17)(H,18,19). The number of carboxylic acids is 1. The second-order valence-electron chi connectivity index (χ2n) is 5.08. The molecule has 104 valence electrons. The first-order chi connectivity index (χ1) is 9.65. The Morgan fingerprint density at radius 1 is 1.30 bits per heavy atom. The molecule has 1 aromatic heterocycles. The highest BCUT2D eigenvalue weighted by Crippen LogP contribution is 2.38. The van der Waals surface area contributed by atoms with Gasteiger partial charge in [-0.15, -0.1) is 0 Å². The molecule has 5 heteroatoms. The number of carbonyl (C=O) groups is 2. The molecule has 1 amide bonds. The summed E-state index contributed by atoms with van der Waals surface area (Å²) in [6, 6.07) is 9.69. The predicted octanol–water partition coefficient (Wildman–Crippen LogP) is 1.81. The van der Waals surface area contributed by atoms with E-state index in [9.17, 15) is 9.59 Å². The van der Waals surface area contributed by atoms with E-state index in [0.717, 1.165) is 16.7 Å². The Hall–Kier alpha value is -2.30. The number of para-hydroxylation sites is 1. The third-order valence-corrected chi connectivity index (χ3v) is 3.59. The molecule has 1 fully saturated rings. The number of amides is 1. The van der Waals surface area contributed by atoms with Gasteiger partial charge in [-0.1, -0.05) is 18.2 Å². The summed E-state index contributed by atoms with van der Waals surface area (Å²) in [4.78, 5) is 22.4. The van der Waals surface area contributed by atoms with Crippen molar-refractivity contribution >= 4 is 22.8 Å². The number of rotatable bonds is 5. The van der Waals surface area contributed by atoms with Crippen molar-refractivity contribution in [2.75, 3.05) is 6.54 Å². The molecular formula is C15H15NO4. The molecule has 2 aromatic rings. The second kappa shape index (κ2) is 5.00. The van der Waals surface area contributed by atoms with Gasteiger partial charge >= 0.3 is 5.97 Å². The van der Waals surface area contributed by atoms with Crippen LogP contribution in [0.25, 0.3) is 11.0 Å². The van der Waals surface area contributed by atoms with Gasteiger partial charge < -0.3 is 14.8 Å². The van der Waals surface area contributed by atoms with E-state index in [1.54, 1.807) is 0 Å². The fourth-order valence-electron chi connectivity index (χ4n) is 2.36. The van der Waals surface area contributed by atoms with Gasteiger partial charge in [-0.3, -0.25) is 9.59 Å². The Labute approximate surface area is 115 Å². The Kier molecular flexibility index (Phi) is 3.18. The summed E-state index contributed by atoms with van der Waals surface area (Å²) in [7, 11) is 0. The van der Waals surface area contributed by atoms with Crippen LogP contribution in [-0.2, 0) is 16.0 Å². The molecule has 0 saturated heterocycles. The van der Waals surface area contributed by atoms with Crippen LogP contribution in [0.1, 0.15) is 12.2 Å². The number of hydrogen-bond acceptors (Lipinski definition) is 3. The van der Waals surface area contributed by atoms with Crippen molar-refractivity contribution in [3.63, 3.8) is 0 Å². The number of benzene rings is 1. The van der Waals surface area contributed by atoms with Gasteiger partial charge in [0.25, 0.3) is 0 Å². The van der Waals surface area contributed by atoms with E-state index in [0.29, 0.717) is 19.4 Å². The fourth-order valence-corrected chi connectivity index (χ4v) is 2.36. The maximum absolute atomic E-state index is 11.7. The average molecular weight is 273 g/mol. The maximum atomic E-state index is 11.7. The normalized spacial score (nSPS) is 20.8. The molecule has 1 aliphatic carbocycles. The van der Waals surface area contributed by atoms with E-state index >= 15 is 0 Å². The second-order valence-corrected chi connectivity index (χ2v) is 5.08. The van der Waals surface area contributed by atoms with E-state index in [2.05, 4.69) is 5.32 Å². The molecule has 0 bridgehead atoms. The van der Waals surface area contributed by atoms with Crippen molar-refractivity contribution in [1.82, 2.24) is 5.32 Å². The number of carboxylic acid groups (broad SMARTS) is 1. The molecule has 1 aliphatic rings. The van der Waals surface area contributed by atoms with Crippen LogP contribution in [-0.4, -0.2) is 23.5 Å². The number of aliphatic carboxylic acids is 1. The van der Waals surface area contributed by atoms with Crippen molar-refractivity contribution in [3.8, 4) is 0 Å². The molecule has 3 rings (SSSR count). The van der Waals surface area contributed by atoms with Crippen LogP contribution in [0.3, 0.4) is 0 Å². The zero-order valence-corrected chi connectivity index (χ0v) is 10.8. The first kappa shape index (κ1) is 12.7. The summed E-state index contributed by atoms with van der Waals surface area (Å²) in [5, 5.41) is 12.6. The molecule has 1 aromatic carbocycles. The Morgan fingerprint density at radius 3 is 2.80 bits per heavy atom. The smallest absolute Gasteiger partial charge is 0.307 e. The molecule has 2 atom stereocenters. The molecule has 2 N–H and O–H groups in total. The molecule has 20 heavy (non-hydrogen) atoms. The predicted molar refractivity (Wildman–Crippen MR) is 72.2 cm³/mol. The zero-order chi connectivity index (χ0) is 14.1. The van der Waals surface area contributed by atoms with Crippen LogP contribution in [0, 0.1) is 11.8 Å². The summed E-state index contributed by atoms with van der Waals surface area (Å²) < 4.78 is 5.64. The average Bonchev–Trinajstić information content (AvgIpc) is 3.13. The zero-order valence-electron chi connectivity index (χ0n) is 10.8. The first-order valence-corrected chi connectivity index (χ1v) is 6.63. The SMILES string of the molecule is O=C(O)C1CC1C(=O)NCCc1cc2ccccc2o1. The van der Waals surface area contributed by atoms with E-state index in [1.165, 1.54) is 0 Å². The summed E-state index contributed by atoms with van der Waals surface area (Å²) in [6.45, 7) is 0.460. The van der Waals surface area contributed by atoms with Gasteiger partial charge in [0.1, 0.15) is 11.3 Å². The van der Waals surface area contributed by atoms with E-state index < -0.39 is 11.9 Å². The molecule has 0 radical (unpaired) electrons. The minimum atomic E-state index is -0.887. The van der Waals surface area contributed by atoms with Gasteiger partial charge in [0, 0.05) is 18.4 Å². The summed E-state index contributed by atoms with van der Waals surface area (Å²) >= 11 is 0. The monoisotopic (exact) mass is 273 g/mol. The van der Waals surface area contributed by atoms with Crippen LogP contribution in [0.4, 0.5) is 0 Å². The molecule has 0 aliphatic heterocycles. The largest absolute Gasteiger partial charge is 0.481 e. The summed E-state index contributed by atoms with van der Waals surface area (Å²) in [6.07, 6.45) is 1.05. The van der Waals surface area contributed by atoms with Gasteiger partial charge in [-0.05, 0) is 18.6 Å². The third-order valence-electron chi connectivity index (χ3n) is 3.59. The Bertz CT molecular complexity index is 628. The van der Waals surface area contributed by atoms with Crippen LogP contribution >= 0.6 is 0 Å². The van der Waals surface area contributed by atoms with Gasteiger partial charge in [0.2, 0.25) is 5.91 Å². The number of carbonyl (C=O) groups excluding carboxylic acids is 1. The van der Waals surface area contributed by atoms with Gasteiger partial charge in [0.15, 0.2) is 0 Å². The summed E-state index contributed by atoms with van der Waals surface area (Å²) in [5.74, 6) is -1.10. The quantitative estimate of drug-likeness (QED) is 0.870. The number of furan rings is 1. The van der Waals surface area contributed by atoms with Crippen LogP contribution in [0.15, 0.2) is 34.7 Å². The van der Waals surface area contributed by atoms with Crippen LogP contribution in [0.2, 0.25) is 0 Å². The Morgan fingerprint density at radius 2 is 2.10 bits per heavy atom. The van der Waals surface area contributed by atoms with E-state index in [-0.39, 0.29) is 11.8 Å². The van der Waals surface area contributed by atoms with E-state index in [1.807, 2.05) is 30.3 Å². The van der Waals surface area contributed by atoms with Crippen LogP contribution in [0.5, 0.6) is 0 Å². The molecule has 0 spiro atoms. The number of fused-ring (bicyclic) bond motifs is 1.